The van der Waals surface area contributed by atoms with Gasteiger partial charge in [0.1, 0.15) is 5.69 Å². The monoisotopic (exact) mass is 280 g/mol. The number of rotatable bonds is 4. The van der Waals surface area contributed by atoms with E-state index >= 15 is 0 Å². The molecule has 2 aromatic heterocycles. The number of pyridine rings is 1. The van der Waals surface area contributed by atoms with Crippen molar-refractivity contribution in [3.05, 3.63) is 65.7 Å². The predicted octanol–water partition coefficient (Wildman–Crippen LogP) is 1.82. The lowest BCUT2D eigenvalue weighted by atomic mass is 9.98. The number of amides is 1. The molecular formula is C15H12N4O2. The molecule has 1 aromatic carbocycles. The van der Waals surface area contributed by atoms with Crippen LogP contribution in [0.2, 0.25) is 0 Å². The molecule has 0 aliphatic carbocycles. The molecule has 0 radical (unpaired) electrons. The van der Waals surface area contributed by atoms with Crippen molar-refractivity contribution in [2.24, 2.45) is 5.73 Å². The van der Waals surface area contributed by atoms with Crippen LogP contribution < -0.4 is 5.73 Å². The fourth-order valence-corrected chi connectivity index (χ4v) is 2.17. The van der Waals surface area contributed by atoms with E-state index in [2.05, 4.69) is 15.1 Å². The van der Waals surface area contributed by atoms with Crippen LogP contribution in [0, 0.1) is 0 Å². The van der Waals surface area contributed by atoms with E-state index in [0.29, 0.717) is 29.1 Å². The Balaban J connectivity index is 2.13. The molecular weight excluding hydrogens is 268 g/mol. The highest BCUT2D eigenvalue weighted by atomic mass is 16.5. The van der Waals surface area contributed by atoms with Crippen molar-refractivity contribution in [1.82, 2.24) is 15.1 Å². The molecule has 2 heterocycles. The number of hydrogen-bond acceptors (Lipinski definition) is 5. The maximum absolute atomic E-state index is 11.7. The fourth-order valence-electron chi connectivity index (χ4n) is 2.17. The highest BCUT2D eigenvalue weighted by molar-refractivity contribution is 5.95. The summed E-state index contributed by atoms with van der Waals surface area (Å²) in [6, 6.07) is 11.3. The molecule has 1 amide bonds. The Morgan fingerprint density at radius 1 is 1.14 bits per heavy atom. The third-order valence-corrected chi connectivity index (χ3v) is 3.12. The Morgan fingerprint density at radius 2 is 1.95 bits per heavy atom. The molecule has 3 aromatic rings. The van der Waals surface area contributed by atoms with Gasteiger partial charge in [0.05, 0.1) is 0 Å². The minimum Gasteiger partial charge on any atom is -0.366 e. The number of hydrogen-bond donors (Lipinski definition) is 1. The SMILES string of the molecule is NC(=O)c1ccnc(-c2ncon2)c1Cc1ccccc1. The molecule has 0 aliphatic rings. The van der Waals surface area contributed by atoms with E-state index in [1.54, 1.807) is 6.07 Å². The van der Waals surface area contributed by atoms with Crippen LogP contribution in [-0.4, -0.2) is 21.0 Å². The number of benzene rings is 1. The zero-order chi connectivity index (χ0) is 14.7. The van der Waals surface area contributed by atoms with Gasteiger partial charge in [0.25, 0.3) is 0 Å². The summed E-state index contributed by atoms with van der Waals surface area (Å²) in [7, 11) is 0. The van der Waals surface area contributed by atoms with E-state index in [1.807, 2.05) is 30.3 Å². The van der Waals surface area contributed by atoms with Gasteiger partial charge in [0, 0.05) is 18.2 Å². The summed E-state index contributed by atoms with van der Waals surface area (Å²) < 4.78 is 4.76. The third kappa shape index (κ3) is 2.64. The summed E-state index contributed by atoms with van der Waals surface area (Å²) in [5, 5.41) is 3.79. The number of carbonyl (C=O) groups excluding carboxylic acids is 1. The Kier molecular flexibility index (Phi) is 3.42. The first-order chi connectivity index (χ1) is 10.3. The van der Waals surface area contributed by atoms with E-state index in [-0.39, 0.29) is 0 Å². The second-order valence-corrected chi connectivity index (χ2v) is 4.47. The smallest absolute Gasteiger partial charge is 0.249 e. The topological polar surface area (TPSA) is 94.9 Å². The zero-order valence-corrected chi connectivity index (χ0v) is 11.1. The summed E-state index contributed by atoms with van der Waals surface area (Å²) in [5.41, 5.74) is 8.11. The van der Waals surface area contributed by atoms with Crippen molar-refractivity contribution < 1.29 is 9.32 Å². The first-order valence-electron chi connectivity index (χ1n) is 6.34. The normalized spacial score (nSPS) is 10.5. The summed E-state index contributed by atoms with van der Waals surface area (Å²) in [6.45, 7) is 0. The summed E-state index contributed by atoms with van der Waals surface area (Å²) >= 11 is 0. The molecule has 21 heavy (non-hydrogen) atoms. The standard InChI is InChI=1S/C15H12N4O2/c16-14(20)11-6-7-17-13(15-18-9-21-19-15)12(11)8-10-4-2-1-3-5-10/h1-7,9H,8H2,(H2,16,20). The number of carbonyl (C=O) groups is 1. The van der Waals surface area contributed by atoms with Crippen LogP contribution in [0.1, 0.15) is 21.5 Å². The Labute approximate surface area is 120 Å². The van der Waals surface area contributed by atoms with E-state index in [9.17, 15) is 4.79 Å². The van der Waals surface area contributed by atoms with Gasteiger partial charge in [0.2, 0.25) is 18.1 Å². The first-order valence-corrected chi connectivity index (χ1v) is 6.34. The Hall–Kier alpha value is -3.02. The van der Waals surface area contributed by atoms with E-state index < -0.39 is 5.91 Å². The molecule has 6 nitrogen and oxygen atoms in total. The largest absolute Gasteiger partial charge is 0.366 e. The van der Waals surface area contributed by atoms with Crippen molar-refractivity contribution in [3.8, 4) is 11.5 Å². The van der Waals surface area contributed by atoms with Crippen LogP contribution in [0.15, 0.2) is 53.5 Å². The first kappa shape index (κ1) is 13.0. The van der Waals surface area contributed by atoms with Gasteiger partial charge in [-0.2, -0.15) is 4.98 Å². The van der Waals surface area contributed by atoms with Gasteiger partial charge in [-0.05, 0) is 17.2 Å². The van der Waals surface area contributed by atoms with E-state index in [0.717, 1.165) is 5.56 Å². The number of nitrogens with zero attached hydrogens (tertiary/aromatic N) is 3. The summed E-state index contributed by atoms with van der Waals surface area (Å²) in [4.78, 5) is 19.9. The summed E-state index contributed by atoms with van der Waals surface area (Å²) in [5.74, 6) is -0.169. The number of aromatic nitrogens is 3. The average Bonchev–Trinajstić information content (AvgIpc) is 3.02. The van der Waals surface area contributed by atoms with Crippen LogP contribution in [0.25, 0.3) is 11.5 Å². The van der Waals surface area contributed by atoms with Crippen molar-refractivity contribution in [2.75, 3.05) is 0 Å². The van der Waals surface area contributed by atoms with E-state index in [4.69, 9.17) is 10.3 Å². The molecule has 0 bridgehead atoms. The Bertz CT molecular complexity index is 755. The highest BCUT2D eigenvalue weighted by Crippen LogP contribution is 2.23. The van der Waals surface area contributed by atoms with Crippen LogP contribution in [0.5, 0.6) is 0 Å². The highest BCUT2D eigenvalue weighted by Gasteiger charge is 2.18. The van der Waals surface area contributed by atoms with Gasteiger partial charge in [-0.3, -0.25) is 9.78 Å². The average molecular weight is 280 g/mol. The van der Waals surface area contributed by atoms with Crippen molar-refractivity contribution >= 4 is 5.91 Å². The van der Waals surface area contributed by atoms with Gasteiger partial charge in [-0.15, -0.1) is 0 Å². The van der Waals surface area contributed by atoms with Crippen LogP contribution >= 0.6 is 0 Å². The molecule has 0 atom stereocenters. The zero-order valence-electron chi connectivity index (χ0n) is 11.1. The lowest BCUT2D eigenvalue weighted by molar-refractivity contribution is 0.0999. The molecule has 0 saturated heterocycles. The van der Waals surface area contributed by atoms with Gasteiger partial charge in [-0.1, -0.05) is 35.5 Å². The molecule has 0 saturated carbocycles. The third-order valence-electron chi connectivity index (χ3n) is 3.12. The van der Waals surface area contributed by atoms with Gasteiger partial charge in [-0.25, -0.2) is 0 Å². The number of primary amides is 1. The molecule has 6 heteroatoms. The predicted molar refractivity (Wildman–Crippen MR) is 75.3 cm³/mol. The molecule has 0 unspecified atom stereocenters. The van der Waals surface area contributed by atoms with Crippen molar-refractivity contribution in [3.63, 3.8) is 0 Å². The molecule has 104 valence electrons. The maximum atomic E-state index is 11.7. The fraction of sp³-hybridized carbons (Fsp3) is 0.0667. The lowest BCUT2D eigenvalue weighted by Gasteiger charge is -2.10. The van der Waals surface area contributed by atoms with Gasteiger partial charge in [0.15, 0.2) is 0 Å². The second kappa shape index (κ2) is 5.54. The molecule has 0 aliphatic heterocycles. The summed E-state index contributed by atoms with van der Waals surface area (Å²) in [6.07, 6.45) is 3.25. The van der Waals surface area contributed by atoms with Crippen LogP contribution in [0.4, 0.5) is 0 Å². The molecule has 0 fully saturated rings. The van der Waals surface area contributed by atoms with Crippen molar-refractivity contribution in [2.45, 2.75) is 6.42 Å². The van der Waals surface area contributed by atoms with Gasteiger partial charge >= 0.3 is 0 Å². The van der Waals surface area contributed by atoms with Gasteiger partial charge < -0.3 is 10.3 Å². The van der Waals surface area contributed by atoms with Crippen LogP contribution in [-0.2, 0) is 6.42 Å². The minimum atomic E-state index is -0.506. The van der Waals surface area contributed by atoms with E-state index in [1.165, 1.54) is 12.6 Å². The number of nitrogens with two attached hydrogens (primary N) is 1. The quantitative estimate of drug-likeness (QED) is 0.786. The van der Waals surface area contributed by atoms with Crippen LogP contribution in [0.3, 0.4) is 0 Å². The maximum Gasteiger partial charge on any atom is 0.249 e. The second-order valence-electron chi connectivity index (χ2n) is 4.47. The minimum absolute atomic E-state index is 0.337. The molecule has 3 rings (SSSR count). The Morgan fingerprint density at radius 3 is 2.62 bits per heavy atom. The lowest BCUT2D eigenvalue weighted by Crippen LogP contribution is -2.15. The molecule has 0 spiro atoms. The molecule has 2 N–H and O–H groups in total. The van der Waals surface area contributed by atoms with Crippen molar-refractivity contribution in [1.29, 1.82) is 0 Å².